The van der Waals surface area contributed by atoms with E-state index in [1.165, 1.54) is 12.1 Å². The minimum absolute atomic E-state index is 0.138. The van der Waals surface area contributed by atoms with Crippen LogP contribution in [-0.4, -0.2) is 18.5 Å². The molecule has 25 heavy (non-hydrogen) atoms. The maximum Gasteiger partial charge on any atom is 0.340 e. The number of esters is 1. The summed E-state index contributed by atoms with van der Waals surface area (Å²) in [6.07, 6.45) is 0. The molecule has 0 saturated carbocycles. The predicted molar refractivity (Wildman–Crippen MR) is 100 cm³/mol. The first-order valence-corrected chi connectivity index (χ1v) is 8.29. The largest absolute Gasteiger partial charge is 0.452 e. The average Bonchev–Trinajstić information content (AvgIpc) is 2.56. The van der Waals surface area contributed by atoms with Crippen molar-refractivity contribution < 1.29 is 14.3 Å². The molecular weight excluding hydrogens is 340 g/mol. The normalized spacial score (nSPS) is 10.6. The highest BCUT2D eigenvalue weighted by Crippen LogP contribution is 2.27. The second-order valence-electron chi connectivity index (χ2n) is 6.05. The van der Waals surface area contributed by atoms with E-state index in [4.69, 9.17) is 22.1 Å². The lowest BCUT2D eigenvalue weighted by Crippen LogP contribution is -2.22. The maximum atomic E-state index is 12.2. The van der Waals surface area contributed by atoms with Crippen molar-refractivity contribution in [3.8, 4) is 0 Å². The number of para-hydroxylation sites is 1. The summed E-state index contributed by atoms with van der Waals surface area (Å²) < 4.78 is 5.05. The summed E-state index contributed by atoms with van der Waals surface area (Å²) in [5.41, 5.74) is 8.84. The molecule has 3 N–H and O–H groups in total. The minimum Gasteiger partial charge on any atom is -0.452 e. The first-order chi connectivity index (χ1) is 11.8. The van der Waals surface area contributed by atoms with E-state index in [1.807, 2.05) is 39.0 Å². The number of benzene rings is 2. The van der Waals surface area contributed by atoms with Crippen molar-refractivity contribution in [3.05, 3.63) is 58.1 Å². The molecule has 1 amide bonds. The van der Waals surface area contributed by atoms with Crippen LogP contribution in [0.5, 0.6) is 0 Å². The van der Waals surface area contributed by atoms with Crippen LogP contribution in [-0.2, 0) is 9.53 Å². The van der Waals surface area contributed by atoms with Crippen molar-refractivity contribution in [2.75, 3.05) is 17.7 Å². The summed E-state index contributed by atoms with van der Waals surface area (Å²) >= 11 is 5.85. The van der Waals surface area contributed by atoms with Gasteiger partial charge < -0.3 is 15.8 Å². The number of anilines is 2. The zero-order valence-electron chi connectivity index (χ0n) is 14.4. The molecule has 2 rings (SSSR count). The van der Waals surface area contributed by atoms with Crippen LogP contribution in [0.15, 0.2) is 36.4 Å². The Labute approximate surface area is 152 Å². The van der Waals surface area contributed by atoms with E-state index < -0.39 is 18.5 Å². The van der Waals surface area contributed by atoms with Gasteiger partial charge in [-0.05, 0) is 42.2 Å². The van der Waals surface area contributed by atoms with Crippen LogP contribution < -0.4 is 11.1 Å². The molecule has 0 heterocycles. The van der Waals surface area contributed by atoms with E-state index in [9.17, 15) is 9.59 Å². The Morgan fingerprint density at radius 1 is 1.24 bits per heavy atom. The molecule has 0 atom stereocenters. The fraction of sp³-hybridized carbons (Fsp3) is 0.263. The van der Waals surface area contributed by atoms with Crippen molar-refractivity contribution >= 4 is 34.9 Å². The van der Waals surface area contributed by atoms with Crippen molar-refractivity contribution in [2.24, 2.45) is 0 Å². The number of carbonyl (C=O) groups is 2. The minimum atomic E-state index is -0.691. The van der Waals surface area contributed by atoms with Crippen LogP contribution in [0.4, 0.5) is 11.4 Å². The van der Waals surface area contributed by atoms with Gasteiger partial charge in [0.15, 0.2) is 6.61 Å². The molecule has 0 aliphatic rings. The third-order valence-corrected chi connectivity index (χ3v) is 4.00. The Hall–Kier alpha value is -2.53. The lowest BCUT2D eigenvalue weighted by molar-refractivity contribution is -0.119. The summed E-state index contributed by atoms with van der Waals surface area (Å²) in [5.74, 6) is -0.849. The van der Waals surface area contributed by atoms with Gasteiger partial charge >= 0.3 is 5.97 Å². The number of nitrogens with two attached hydrogens (primary N) is 1. The number of amides is 1. The summed E-state index contributed by atoms with van der Waals surface area (Å²) in [6.45, 7) is 5.61. The number of aryl methyl sites for hydroxylation is 1. The maximum absolute atomic E-state index is 12.2. The molecule has 0 spiro atoms. The fourth-order valence-electron chi connectivity index (χ4n) is 2.43. The van der Waals surface area contributed by atoms with Gasteiger partial charge in [0.05, 0.1) is 5.56 Å². The van der Waals surface area contributed by atoms with Gasteiger partial charge in [-0.15, -0.1) is 0 Å². The highest BCUT2D eigenvalue weighted by atomic mass is 35.5. The van der Waals surface area contributed by atoms with Gasteiger partial charge in [0, 0.05) is 16.4 Å². The van der Waals surface area contributed by atoms with Crippen molar-refractivity contribution in [2.45, 2.75) is 26.7 Å². The van der Waals surface area contributed by atoms with E-state index >= 15 is 0 Å². The monoisotopic (exact) mass is 360 g/mol. The van der Waals surface area contributed by atoms with E-state index in [0.29, 0.717) is 5.02 Å². The van der Waals surface area contributed by atoms with Gasteiger partial charge in [0.25, 0.3) is 5.91 Å². The number of hydrogen-bond donors (Lipinski definition) is 2. The van der Waals surface area contributed by atoms with Crippen molar-refractivity contribution in [1.29, 1.82) is 0 Å². The molecule has 0 unspecified atom stereocenters. The number of ether oxygens (including phenoxy) is 1. The van der Waals surface area contributed by atoms with Crippen LogP contribution in [0.3, 0.4) is 0 Å². The molecule has 0 aliphatic heterocycles. The Bertz CT molecular complexity index is 803. The molecule has 0 bridgehead atoms. The molecule has 2 aromatic carbocycles. The Kier molecular flexibility index (Phi) is 6.04. The van der Waals surface area contributed by atoms with E-state index in [-0.39, 0.29) is 17.2 Å². The summed E-state index contributed by atoms with van der Waals surface area (Å²) in [4.78, 5) is 24.3. The highest BCUT2D eigenvalue weighted by Gasteiger charge is 2.16. The molecule has 0 fully saturated rings. The van der Waals surface area contributed by atoms with Gasteiger partial charge in [-0.1, -0.05) is 43.6 Å². The van der Waals surface area contributed by atoms with Gasteiger partial charge in [-0.2, -0.15) is 0 Å². The number of halogens is 1. The lowest BCUT2D eigenvalue weighted by atomic mass is 9.98. The van der Waals surface area contributed by atoms with Gasteiger partial charge in [0.1, 0.15) is 0 Å². The third kappa shape index (κ3) is 4.73. The number of nitrogens with one attached hydrogen (secondary N) is 1. The zero-order valence-corrected chi connectivity index (χ0v) is 15.2. The standard InChI is InChI=1S/C19H21ClN2O3/c1-11(2)14-6-4-5-12(3)18(14)22-17(23)10-25-19(24)15-9-13(20)7-8-16(15)21/h4-9,11H,10,21H2,1-3H3,(H,22,23). The van der Waals surface area contributed by atoms with Gasteiger partial charge in [-0.25, -0.2) is 4.79 Å². The zero-order chi connectivity index (χ0) is 18.6. The molecule has 132 valence electrons. The van der Waals surface area contributed by atoms with Crippen LogP contribution >= 0.6 is 11.6 Å². The van der Waals surface area contributed by atoms with Crippen LogP contribution in [0.25, 0.3) is 0 Å². The van der Waals surface area contributed by atoms with Crippen LogP contribution in [0, 0.1) is 6.92 Å². The molecule has 5 nitrogen and oxygen atoms in total. The molecule has 6 heteroatoms. The van der Waals surface area contributed by atoms with E-state index in [2.05, 4.69) is 5.32 Å². The van der Waals surface area contributed by atoms with E-state index in [0.717, 1.165) is 16.8 Å². The SMILES string of the molecule is Cc1cccc(C(C)C)c1NC(=O)COC(=O)c1cc(Cl)ccc1N. The third-order valence-electron chi connectivity index (χ3n) is 3.76. The van der Waals surface area contributed by atoms with Crippen molar-refractivity contribution in [3.63, 3.8) is 0 Å². The van der Waals surface area contributed by atoms with Crippen LogP contribution in [0.2, 0.25) is 5.02 Å². The van der Waals surface area contributed by atoms with Gasteiger partial charge in [0.2, 0.25) is 0 Å². The average molecular weight is 361 g/mol. The number of hydrogen-bond acceptors (Lipinski definition) is 4. The Balaban J connectivity index is 2.04. The predicted octanol–water partition coefficient (Wildman–Crippen LogP) is 4.15. The number of rotatable bonds is 5. The summed E-state index contributed by atoms with van der Waals surface area (Å²) in [6, 6.07) is 10.3. The molecule has 0 aromatic heterocycles. The van der Waals surface area contributed by atoms with Crippen LogP contribution in [0.1, 0.15) is 41.3 Å². The number of carbonyl (C=O) groups excluding carboxylic acids is 2. The smallest absolute Gasteiger partial charge is 0.340 e. The Morgan fingerprint density at radius 3 is 2.64 bits per heavy atom. The second kappa shape index (κ2) is 8.03. The Morgan fingerprint density at radius 2 is 1.96 bits per heavy atom. The van der Waals surface area contributed by atoms with E-state index in [1.54, 1.807) is 6.07 Å². The lowest BCUT2D eigenvalue weighted by Gasteiger charge is -2.16. The quantitative estimate of drug-likeness (QED) is 0.620. The second-order valence-corrected chi connectivity index (χ2v) is 6.49. The summed E-state index contributed by atoms with van der Waals surface area (Å²) in [7, 11) is 0. The fourth-order valence-corrected chi connectivity index (χ4v) is 2.60. The molecule has 0 aliphatic carbocycles. The highest BCUT2D eigenvalue weighted by molar-refractivity contribution is 6.31. The van der Waals surface area contributed by atoms with Crippen molar-refractivity contribution in [1.82, 2.24) is 0 Å². The molecular formula is C19H21ClN2O3. The molecule has 0 saturated heterocycles. The molecule has 0 radical (unpaired) electrons. The topological polar surface area (TPSA) is 81.4 Å². The first-order valence-electron chi connectivity index (χ1n) is 7.91. The molecule has 2 aromatic rings. The summed E-state index contributed by atoms with van der Waals surface area (Å²) in [5, 5.41) is 3.19. The number of nitrogen functional groups attached to an aromatic ring is 1. The first kappa shape index (κ1) is 18.8. The van der Waals surface area contributed by atoms with Gasteiger partial charge in [-0.3, -0.25) is 4.79 Å².